The van der Waals surface area contributed by atoms with Gasteiger partial charge in [-0.1, -0.05) is 48.0 Å². The van der Waals surface area contributed by atoms with Crippen LogP contribution >= 0.6 is 0 Å². The quantitative estimate of drug-likeness (QED) is 0.720. The van der Waals surface area contributed by atoms with Crippen LogP contribution in [0.25, 0.3) is 11.4 Å². The van der Waals surface area contributed by atoms with E-state index in [0.29, 0.717) is 0 Å². The lowest BCUT2D eigenvalue weighted by Gasteiger charge is -2.28. The Hall–Kier alpha value is -2.92. The van der Waals surface area contributed by atoms with Crippen molar-refractivity contribution in [1.29, 1.82) is 0 Å². The average Bonchev–Trinajstić information content (AvgIpc) is 2.72. The molecule has 1 saturated heterocycles. The van der Waals surface area contributed by atoms with Crippen LogP contribution in [0.5, 0.6) is 0 Å². The highest BCUT2D eigenvalue weighted by Crippen LogP contribution is 2.28. The van der Waals surface area contributed by atoms with Crippen molar-refractivity contribution in [3.63, 3.8) is 0 Å². The Labute approximate surface area is 166 Å². The second-order valence-electron chi connectivity index (χ2n) is 7.30. The zero-order valence-electron chi connectivity index (χ0n) is 16.7. The molecule has 1 N–H and O–H groups in total. The number of nitrogens with one attached hydrogen (secondary N) is 1. The van der Waals surface area contributed by atoms with Gasteiger partial charge in [-0.2, -0.15) is 0 Å². The maximum Gasteiger partial charge on any atom is 0.163 e. The fourth-order valence-electron chi connectivity index (χ4n) is 3.67. The number of morpholine rings is 1. The highest BCUT2D eigenvalue weighted by molar-refractivity contribution is 5.69. The Morgan fingerprint density at radius 1 is 0.893 bits per heavy atom. The van der Waals surface area contributed by atoms with E-state index in [0.717, 1.165) is 55.0 Å². The average molecular weight is 374 g/mol. The number of aryl methyl sites for hydroxylation is 3. The van der Waals surface area contributed by atoms with Crippen molar-refractivity contribution in [2.24, 2.45) is 0 Å². The zero-order chi connectivity index (χ0) is 19.5. The lowest BCUT2D eigenvalue weighted by Crippen LogP contribution is -2.36. The Kier molecular flexibility index (Phi) is 5.26. The minimum absolute atomic E-state index is 0.726. The van der Waals surface area contributed by atoms with E-state index in [2.05, 4.69) is 43.1 Å². The van der Waals surface area contributed by atoms with Crippen LogP contribution in [0.3, 0.4) is 0 Å². The van der Waals surface area contributed by atoms with Crippen LogP contribution in [-0.4, -0.2) is 36.3 Å². The van der Waals surface area contributed by atoms with E-state index in [9.17, 15) is 0 Å². The van der Waals surface area contributed by atoms with Crippen molar-refractivity contribution in [1.82, 2.24) is 9.97 Å². The van der Waals surface area contributed by atoms with Gasteiger partial charge in [-0.3, -0.25) is 0 Å². The van der Waals surface area contributed by atoms with Gasteiger partial charge in [0.25, 0.3) is 0 Å². The van der Waals surface area contributed by atoms with E-state index in [-0.39, 0.29) is 0 Å². The Morgan fingerprint density at radius 3 is 2.25 bits per heavy atom. The molecule has 144 valence electrons. The van der Waals surface area contributed by atoms with E-state index in [1.54, 1.807) is 0 Å². The van der Waals surface area contributed by atoms with E-state index in [1.165, 1.54) is 16.7 Å². The van der Waals surface area contributed by atoms with Gasteiger partial charge in [0, 0.05) is 30.4 Å². The summed E-state index contributed by atoms with van der Waals surface area (Å²) >= 11 is 0. The number of anilines is 3. The number of rotatable bonds is 4. The molecule has 5 heteroatoms. The summed E-state index contributed by atoms with van der Waals surface area (Å²) < 4.78 is 5.50. The lowest BCUT2D eigenvalue weighted by molar-refractivity contribution is 0.122. The molecular formula is C23H26N4O. The van der Waals surface area contributed by atoms with Gasteiger partial charge in [0.2, 0.25) is 0 Å². The number of hydrogen-bond acceptors (Lipinski definition) is 5. The molecule has 0 unspecified atom stereocenters. The standard InChI is InChI=1S/C23H26N4O/c1-16-13-17(2)22(18(3)14-16)24-20-15-21(27-9-11-28-12-10-27)26-23(25-20)19-7-5-4-6-8-19/h4-8,13-15H,9-12H2,1-3H3,(H,24,25,26). The monoisotopic (exact) mass is 374 g/mol. The smallest absolute Gasteiger partial charge is 0.163 e. The molecule has 0 atom stereocenters. The molecule has 1 aromatic heterocycles. The summed E-state index contributed by atoms with van der Waals surface area (Å²) in [6, 6.07) is 16.6. The van der Waals surface area contributed by atoms with Gasteiger partial charge in [0.15, 0.2) is 5.82 Å². The van der Waals surface area contributed by atoms with Crippen molar-refractivity contribution in [2.45, 2.75) is 20.8 Å². The second-order valence-corrected chi connectivity index (χ2v) is 7.30. The van der Waals surface area contributed by atoms with Crippen LogP contribution in [0.2, 0.25) is 0 Å². The predicted octanol–water partition coefficient (Wildman–Crippen LogP) is 4.65. The van der Waals surface area contributed by atoms with Gasteiger partial charge >= 0.3 is 0 Å². The number of aromatic nitrogens is 2. The molecule has 1 fully saturated rings. The summed E-state index contributed by atoms with van der Waals surface area (Å²) in [4.78, 5) is 11.9. The van der Waals surface area contributed by atoms with E-state index in [4.69, 9.17) is 14.7 Å². The minimum atomic E-state index is 0.726. The van der Waals surface area contributed by atoms with Crippen LogP contribution in [0.1, 0.15) is 16.7 Å². The Balaban J connectivity index is 1.75. The lowest BCUT2D eigenvalue weighted by atomic mass is 10.1. The molecule has 2 heterocycles. The fourth-order valence-corrected chi connectivity index (χ4v) is 3.67. The van der Waals surface area contributed by atoms with Gasteiger partial charge in [0.1, 0.15) is 11.6 Å². The van der Waals surface area contributed by atoms with E-state index in [1.807, 2.05) is 36.4 Å². The summed E-state index contributed by atoms with van der Waals surface area (Å²) in [5, 5.41) is 3.55. The van der Waals surface area contributed by atoms with E-state index < -0.39 is 0 Å². The van der Waals surface area contributed by atoms with Crippen molar-refractivity contribution >= 4 is 17.3 Å². The third kappa shape index (κ3) is 3.99. The summed E-state index contributed by atoms with van der Waals surface area (Å²) in [6.45, 7) is 9.52. The second kappa shape index (κ2) is 7.98. The molecule has 1 aliphatic rings. The molecule has 3 aromatic rings. The topological polar surface area (TPSA) is 50.3 Å². The molecule has 0 spiro atoms. The predicted molar refractivity (Wildman–Crippen MR) is 114 cm³/mol. The molecule has 5 nitrogen and oxygen atoms in total. The maximum absolute atomic E-state index is 5.50. The number of benzene rings is 2. The summed E-state index contributed by atoms with van der Waals surface area (Å²) in [5.41, 5.74) is 5.81. The molecule has 2 aromatic carbocycles. The van der Waals surface area contributed by atoms with Gasteiger partial charge in [0.05, 0.1) is 13.2 Å². The van der Waals surface area contributed by atoms with Gasteiger partial charge in [-0.05, 0) is 31.9 Å². The van der Waals surface area contributed by atoms with Crippen LogP contribution in [-0.2, 0) is 4.74 Å². The third-order valence-corrected chi connectivity index (χ3v) is 5.01. The first kappa shape index (κ1) is 18.4. The normalized spacial score (nSPS) is 14.2. The molecule has 0 bridgehead atoms. The number of hydrogen-bond donors (Lipinski definition) is 1. The first-order valence-corrected chi connectivity index (χ1v) is 9.72. The maximum atomic E-state index is 5.50. The number of nitrogens with zero attached hydrogens (tertiary/aromatic N) is 3. The highest BCUT2D eigenvalue weighted by Gasteiger charge is 2.16. The van der Waals surface area contributed by atoms with Gasteiger partial charge in [-0.15, -0.1) is 0 Å². The SMILES string of the molecule is Cc1cc(C)c(Nc2cc(N3CCOCC3)nc(-c3ccccc3)n2)c(C)c1. The number of ether oxygens (including phenoxy) is 1. The van der Waals surface area contributed by atoms with Crippen molar-refractivity contribution in [3.8, 4) is 11.4 Å². The molecule has 4 rings (SSSR count). The van der Waals surface area contributed by atoms with Gasteiger partial charge in [-0.25, -0.2) is 9.97 Å². The molecule has 28 heavy (non-hydrogen) atoms. The molecule has 0 amide bonds. The van der Waals surface area contributed by atoms with Crippen LogP contribution in [0.15, 0.2) is 48.5 Å². The molecule has 0 saturated carbocycles. The van der Waals surface area contributed by atoms with Crippen molar-refractivity contribution in [3.05, 3.63) is 65.2 Å². The zero-order valence-corrected chi connectivity index (χ0v) is 16.7. The van der Waals surface area contributed by atoms with Crippen molar-refractivity contribution < 1.29 is 4.74 Å². The summed E-state index contributed by atoms with van der Waals surface area (Å²) in [6.07, 6.45) is 0. The first-order chi connectivity index (χ1) is 13.6. The molecule has 1 aliphatic heterocycles. The van der Waals surface area contributed by atoms with Crippen LogP contribution < -0.4 is 10.2 Å². The molecular weight excluding hydrogens is 348 g/mol. The van der Waals surface area contributed by atoms with Crippen LogP contribution in [0.4, 0.5) is 17.3 Å². The molecule has 0 aliphatic carbocycles. The molecule has 0 radical (unpaired) electrons. The summed E-state index contributed by atoms with van der Waals surface area (Å²) in [7, 11) is 0. The third-order valence-electron chi connectivity index (χ3n) is 5.01. The first-order valence-electron chi connectivity index (χ1n) is 9.72. The highest BCUT2D eigenvalue weighted by atomic mass is 16.5. The van der Waals surface area contributed by atoms with Crippen LogP contribution in [0, 0.1) is 20.8 Å². The van der Waals surface area contributed by atoms with E-state index >= 15 is 0 Å². The fraction of sp³-hybridized carbons (Fsp3) is 0.304. The minimum Gasteiger partial charge on any atom is -0.378 e. The summed E-state index contributed by atoms with van der Waals surface area (Å²) in [5.74, 6) is 2.47. The van der Waals surface area contributed by atoms with Gasteiger partial charge < -0.3 is 15.0 Å². The largest absolute Gasteiger partial charge is 0.378 e. The van der Waals surface area contributed by atoms with Crippen molar-refractivity contribution in [2.75, 3.05) is 36.5 Å². The Bertz CT molecular complexity index is 943. The Morgan fingerprint density at radius 2 is 1.57 bits per heavy atom.